The molecule has 0 fully saturated rings. The summed E-state index contributed by atoms with van der Waals surface area (Å²) in [5, 5.41) is 3.13. The highest BCUT2D eigenvalue weighted by molar-refractivity contribution is 14.1. The van der Waals surface area contributed by atoms with E-state index in [1.165, 1.54) is 11.1 Å². The van der Waals surface area contributed by atoms with Crippen LogP contribution in [0.25, 0.3) is 11.4 Å². The number of nitrogens with zero attached hydrogens (tertiary/aromatic N) is 2. The number of ether oxygens (including phenoxy) is 1. The number of anilines is 1. The molecule has 0 aliphatic heterocycles. The topological polar surface area (TPSA) is 47.0 Å². The van der Waals surface area contributed by atoms with E-state index in [2.05, 4.69) is 69.9 Å². The van der Waals surface area contributed by atoms with Crippen molar-refractivity contribution in [3.05, 3.63) is 38.6 Å². The number of methoxy groups -OCH3 is 1. The van der Waals surface area contributed by atoms with E-state index in [0.717, 1.165) is 26.5 Å². The van der Waals surface area contributed by atoms with Crippen LogP contribution in [0.15, 0.2) is 18.2 Å². The van der Waals surface area contributed by atoms with E-state index in [1.54, 1.807) is 7.11 Å². The fourth-order valence-electron chi connectivity index (χ4n) is 2.17. The highest BCUT2D eigenvalue weighted by atomic mass is 127. The van der Waals surface area contributed by atoms with Gasteiger partial charge >= 0.3 is 0 Å². The van der Waals surface area contributed by atoms with Gasteiger partial charge in [-0.15, -0.1) is 0 Å². The Morgan fingerprint density at radius 2 is 1.85 bits per heavy atom. The summed E-state index contributed by atoms with van der Waals surface area (Å²) in [5.74, 6) is 1.59. The molecule has 0 unspecified atom stereocenters. The average molecular weight is 383 g/mol. The van der Waals surface area contributed by atoms with E-state index in [0.29, 0.717) is 6.61 Å². The Balaban J connectivity index is 2.65. The zero-order valence-corrected chi connectivity index (χ0v) is 14.3. The van der Waals surface area contributed by atoms with Crippen LogP contribution in [0.4, 0.5) is 5.82 Å². The molecule has 1 aromatic heterocycles. The van der Waals surface area contributed by atoms with Gasteiger partial charge in [-0.1, -0.05) is 18.2 Å². The molecule has 1 heterocycles. The van der Waals surface area contributed by atoms with E-state index in [9.17, 15) is 0 Å². The molecule has 0 aliphatic carbocycles. The molecule has 1 N–H and O–H groups in total. The van der Waals surface area contributed by atoms with Crippen molar-refractivity contribution in [3.8, 4) is 11.4 Å². The van der Waals surface area contributed by atoms with E-state index >= 15 is 0 Å². The Labute approximate surface area is 133 Å². The smallest absolute Gasteiger partial charge is 0.162 e. The number of benzene rings is 1. The second kappa shape index (κ2) is 6.49. The fourth-order valence-corrected chi connectivity index (χ4v) is 2.84. The van der Waals surface area contributed by atoms with Crippen LogP contribution in [0.1, 0.15) is 16.8 Å². The van der Waals surface area contributed by atoms with Crippen molar-refractivity contribution < 1.29 is 4.74 Å². The van der Waals surface area contributed by atoms with Crippen molar-refractivity contribution in [1.29, 1.82) is 0 Å². The first-order valence-corrected chi connectivity index (χ1v) is 7.46. The van der Waals surface area contributed by atoms with Crippen molar-refractivity contribution in [1.82, 2.24) is 9.97 Å². The zero-order valence-electron chi connectivity index (χ0n) is 12.1. The largest absolute Gasteiger partial charge is 0.378 e. The van der Waals surface area contributed by atoms with Crippen molar-refractivity contribution in [2.24, 2.45) is 0 Å². The fraction of sp³-hybridized carbons (Fsp3) is 0.333. The van der Waals surface area contributed by atoms with Crippen LogP contribution in [0.2, 0.25) is 0 Å². The minimum absolute atomic E-state index is 0.480. The summed E-state index contributed by atoms with van der Waals surface area (Å²) in [6.07, 6.45) is 0. The lowest BCUT2D eigenvalue weighted by atomic mass is 10.0. The van der Waals surface area contributed by atoms with Crippen molar-refractivity contribution >= 4 is 28.4 Å². The highest BCUT2D eigenvalue weighted by Gasteiger charge is 2.15. The third-order valence-electron chi connectivity index (χ3n) is 3.14. The summed E-state index contributed by atoms with van der Waals surface area (Å²) in [6, 6.07) is 6.22. The second-order valence-electron chi connectivity index (χ2n) is 4.61. The van der Waals surface area contributed by atoms with Gasteiger partial charge in [-0.05, 0) is 47.6 Å². The van der Waals surface area contributed by atoms with Crippen LogP contribution < -0.4 is 5.32 Å². The Hall–Kier alpha value is -1.21. The Bertz CT molecular complexity index is 609. The lowest BCUT2D eigenvalue weighted by Gasteiger charge is -2.13. The van der Waals surface area contributed by atoms with Gasteiger partial charge in [-0.25, -0.2) is 9.97 Å². The van der Waals surface area contributed by atoms with E-state index in [1.807, 2.05) is 7.05 Å². The Kier molecular flexibility index (Phi) is 4.93. The molecule has 2 aromatic rings. The van der Waals surface area contributed by atoms with Gasteiger partial charge in [-0.3, -0.25) is 0 Å². The van der Waals surface area contributed by atoms with Gasteiger partial charge in [0.25, 0.3) is 0 Å². The maximum absolute atomic E-state index is 5.24. The third-order valence-corrected chi connectivity index (χ3v) is 4.28. The number of hydrogen-bond donors (Lipinski definition) is 1. The molecule has 106 valence electrons. The van der Waals surface area contributed by atoms with Crippen LogP contribution in [0, 0.1) is 17.4 Å². The van der Waals surface area contributed by atoms with Gasteiger partial charge in [0.05, 0.1) is 15.9 Å². The normalized spacial score (nSPS) is 10.7. The molecular formula is C15H18IN3O. The minimum Gasteiger partial charge on any atom is -0.378 e. The molecule has 2 rings (SSSR count). The van der Waals surface area contributed by atoms with E-state index < -0.39 is 0 Å². The maximum atomic E-state index is 5.24. The number of halogens is 1. The summed E-state index contributed by atoms with van der Waals surface area (Å²) in [4.78, 5) is 9.32. The predicted octanol–water partition coefficient (Wildman–Crippen LogP) is 3.55. The predicted molar refractivity (Wildman–Crippen MR) is 89.9 cm³/mol. The lowest BCUT2D eigenvalue weighted by Crippen LogP contribution is -2.07. The summed E-state index contributed by atoms with van der Waals surface area (Å²) in [6.45, 7) is 4.64. The third kappa shape index (κ3) is 2.93. The van der Waals surface area contributed by atoms with Crippen LogP contribution in [-0.4, -0.2) is 24.1 Å². The van der Waals surface area contributed by atoms with Crippen LogP contribution in [0.3, 0.4) is 0 Å². The standard InChI is InChI=1S/C15H18IN3O/c1-9-6-5-7-10(2)12(9)14-18-11(8-20-4)13(16)15(17-3)19-14/h5-7H,8H2,1-4H3,(H,17,18,19). The molecule has 0 saturated heterocycles. The molecule has 0 saturated carbocycles. The first kappa shape index (κ1) is 15.2. The average Bonchev–Trinajstić information content (AvgIpc) is 2.42. The first-order chi connectivity index (χ1) is 9.58. The maximum Gasteiger partial charge on any atom is 0.162 e. The molecule has 1 aromatic carbocycles. The lowest BCUT2D eigenvalue weighted by molar-refractivity contribution is 0.181. The first-order valence-electron chi connectivity index (χ1n) is 6.38. The summed E-state index contributed by atoms with van der Waals surface area (Å²) < 4.78 is 6.24. The van der Waals surface area contributed by atoms with Gasteiger partial charge in [0.1, 0.15) is 5.82 Å². The second-order valence-corrected chi connectivity index (χ2v) is 5.69. The van der Waals surface area contributed by atoms with Crippen LogP contribution in [-0.2, 0) is 11.3 Å². The molecule has 5 heteroatoms. The van der Waals surface area contributed by atoms with E-state index in [-0.39, 0.29) is 0 Å². The number of hydrogen-bond acceptors (Lipinski definition) is 4. The molecule has 0 spiro atoms. The molecule has 0 amide bonds. The highest BCUT2D eigenvalue weighted by Crippen LogP contribution is 2.28. The van der Waals surface area contributed by atoms with Crippen molar-refractivity contribution in [2.45, 2.75) is 20.5 Å². The molecule has 0 aliphatic rings. The zero-order chi connectivity index (χ0) is 14.7. The van der Waals surface area contributed by atoms with Crippen LogP contribution >= 0.6 is 22.6 Å². The number of nitrogens with one attached hydrogen (secondary N) is 1. The Morgan fingerprint density at radius 1 is 1.20 bits per heavy atom. The minimum atomic E-state index is 0.480. The molecular weight excluding hydrogens is 365 g/mol. The number of rotatable bonds is 4. The van der Waals surface area contributed by atoms with Gasteiger partial charge < -0.3 is 10.1 Å². The van der Waals surface area contributed by atoms with Gasteiger partial charge in [0.2, 0.25) is 0 Å². The summed E-state index contributed by atoms with van der Waals surface area (Å²) in [7, 11) is 3.55. The van der Waals surface area contributed by atoms with E-state index in [4.69, 9.17) is 4.74 Å². The van der Waals surface area contributed by atoms with Gasteiger partial charge in [0.15, 0.2) is 5.82 Å². The molecule has 4 nitrogen and oxygen atoms in total. The molecule has 0 radical (unpaired) electrons. The number of aromatic nitrogens is 2. The van der Waals surface area contributed by atoms with Gasteiger partial charge in [0, 0.05) is 19.7 Å². The van der Waals surface area contributed by atoms with Crippen molar-refractivity contribution in [2.75, 3.05) is 19.5 Å². The Morgan fingerprint density at radius 3 is 2.40 bits per heavy atom. The monoisotopic (exact) mass is 383 g/mol. The SMILES string of the molecule is CNc1nc(-c2c(C)cccc2C)nc(COC)c1I. The molecule has 0 atom stereocenters. The molecule has 20 heavy (non-hydrogen) atoms. The van der Waals surface area contributed by atoms with Crippen molar-refractivity contribution in [3.63, 3.8) is 0 Å². The summed E-state index contributed by atoms with van der Waals surface area (Å²) >= 11 is 2.25. The van der Waals surface area contributed by atoms with Gasteiger partial charge in [-0.2, -0.15) is 0 Å². The number of aryl methyl sites for hydroxylation is 2. The summed E-state index contributed by atoms with van der Waals surface area (Å²) in [5.41, 5.74) is 4.36. The molecule has 0 bridgehead atoms. The quantitative estimate of drug-likeness (QED) is 0.821. The van der Waals surface area contributed by atoms with Crippen LogP contribution in [0.5, 0.6) is 0 Å².